The molecule has 0 spiro atoms. The standard InChI is InChI=1S/C15H16BN3/c1-3-12-14(16)19-9-13(11-7-5-4-6-8-11)17-10(2)15(19)18-12/h4-9H,3,16H2,1-2H3. The molecule has 4 heteroatoms. The van der Waals surface area contributed by atoms with E-state index in [0.717, 1.165) is 34.7 Å². The second kappa shape index (κ2) is 4.54. The van der Waals surface area contributed by atoms with Crippen LogP contribution in [0.15, 0.2) is 36.5 Å². The van der Waals surface area contributed by atoms with Crippen LogP contribution in [0.2, 0.25) is 0 Å². The van der Waals surface area contributed by atoms with Gasteiger partial charge in [0.2, 0.25) is 0 Å². The molecule has 3 nitrogen and oxygen atoms in total. The average molecular weight is 249 g/mol. The highest BCUT2D eigenvalue weighted by atomic mass is 15.0. The average Bonchev–Trinajstić information content (AvgIpc) is 2.77. The first kappa shape index (κ1) is 12.0. The van der Waals surface area contributed by atoms with Crippen LogP contribution in [0, 0.1) is 6.92 Å². The Balaban J connectivity index is 2.27. The molecule has 0 fully saturated rings. The second-order valence-corrected chi connectivity index (χ2v) is 4.77. The molecule has 3 aromatic rings. The second-order valence-electron chi connectivity index (χ2n) is 4.77. The van der Waals surface area contributed by atoms with E-state index in [9.17, 15) is 0 Å². The molecule has 2 aromatic heterocycles. The molecule has 19 heavy (non-hydrogen) atoms. The number of hydrogen-bond acceptors (Lipinski definition) is 2. The Bertz CT molecular complexity index is 732. The number of rotatable bonds is 2. The van der Waals surface area contributed by atoms with Crippen LogP contribution in [0.4, 0.5) is 0 Å². The monoisotopic (exact) mass is 249 g/mol. The molecule has 1 aromatic carbocycles. The van der Waals surface area contributed by atoms with Crippen LogP contribution >= 0.6 is 0 Å². The maximum atomic E-state index is 4.68. The molecular weight excluding hydrogens is 233 g/mol. The number of fused-ring (bicyclic) bond motifs is 1. The summed E-state index contributed by atoms with van der Waals surface area (Å²) in [4.78, 5) is 9.34. The van der Waals surface area contributed by atoms with Crippen LogP contribution in [-0.2, 0) is 6.42 Å². The molecule has 0 bridgehead atoms. The lowest BCUT2D eigenvalue weighted by Gasteiger charge is -2.05. The first-order chi connectivity index (χ1) is 9.20. The Morgan fingerprint density at radius 2 is 1.89 bits per heavy atom. The van der Waals surface area contributed by atoms with Gasteiger partial charge in [-0.15, -0.1) is 0 Å². The lowest BCUT2D eigenvalue weighted by molar-refractivity contribution is 1.07. The van der Waals surface area contributed by atoms with Gasteiger partial charge in [-0.3, -0.25) is 0 Å². The van der Waals surface area contributed by atoms with Crippen molar-refractivity contribution in [3.63, 3.8) is 0 Å². The lowest BCUT2D eigenvalue weighted by Crippen LogP contribution is -2.15. The molecule has 0 aliphatic rings. The van der Waals surface area contributed by atoms with Crippen LogP contribution in [0.1, 0.15) is 18.3 Å². The molecule has 0 N–H and O–H groups in total. The molecule has 0 saturated carbocycles. The smallest absolute Gasteiger partial charge is 0.164 e. The fourth-order valence-electron chi connectivity index (χ4n) is 2.44. The molecule has 0 aliphatic carbocycles. The van der Waals surface area contributed by atoms with Gasteiger partial charge in [0.1, 0.15) is 0 Å². The summed E-state index contributed by atoms with van der Waals surface area (Å²) in [5.41, 5.74) is 6.43. The van der Waals surface area contributed by atoms with Gasteiger partial charge in [0.25, 0.3) is 0 Å². The van der Waals surface area contributed by atoms with Crippen molar-refractivity contribution < 1.29 is 0 Å². The van der Waals surface area contributed by atoms with Crippen molar-refractivity contribution in [3.05, 3.63) is 47.9 Å². The molecule has 0 aliphatic heterocycles. The van der Waals surface area contributed by atoms with Crippen LogP contribution < -0.4 is 5.59 Å². The van der Waals surface area contributed by atoms with Crippen LogP contribution in [0.5, 0.6) is 0 Å². The fourth-order valence-corrected chi connectivity index (χ4v) is 2.44. The van der Waals surface area contributed by atoms with E-state index in [1.807, 2.05) is 25.1 Å². The SMILES string of the molecule is Bc1c(CC)nc2c(C)nc(-c3ccccc3)cn12. The number of imidazole rings is 1. The Kier molecular flexibility index (Phi) is 2.86. The molecule has 0 saturated heterocycles. The lowest BCUT2D eigenvalue weighted by atomic mass is 10.0. The number of nitrogens with zero attached hydrogens (tertiary/aromatic N) is 3. The quantitative estimate of drug-likeness (QED) is 0.645. The summed E-state index contributed by atoms with van der Waals surface area (Å²) in [6.07, 6.45) is 3.03. The summed E-state index contributed by atoms with van der Waals surface area (Å²) < 4.78 is 2.16. The molecule has 0 radical (unpaired) electrons. The van der Waals surface area contributed by atoms with Crippen LogP contribution in [-0.4, -0.2) is 22.2 Å². The largest absolute Gasteiger partial charge is 0.310 e. The van der Waals surface area contributed by atoms with E-state index in [-0.39, 0.29) is 0 Å². The van der Waals surface area contributed by atoms with Gasteiger partial charge >= 0.3 is 0 Å². The molecule has 0 atom stereocenters. The third kappa shape index (κ3) is 1.93. The predicted molar refractivity (Wildman–Crippen MR) is 80.7 cm³/mol. The highest BCUT2D eigenvalue weighted by Crippen LogP contribution is 2.18. The van der Waals surface area contributed by atoms with Crippen molar-refractivity contribution in [1.29, 1.82) is 0 Å². The molecule has 0 unspecified atom stereocenters. The van der Waals surface area contributed by atoms with E-state index < -0.39 is 0 Å². The third-order valence-electron chi connectivity index (χ3n) is 3.52. The predicted octanol–water partition coefficient (Wildman–Crippen LogP) is 1.53. The minimum Gasteiger partial charge on any atom is -0.310 e. The van der Waals surface area contributed by atoms with E-state index in [1.54, 1.807) is 0 Å². The van der Waals surface area contributed by atoms with Crippen LogP contribution in [0.3, 0.4) is 0 Å². The van der Waals surface area contributed by atoms with Crippen molar-refractivity contribution in [1.82, 2.24) is 14.4 Å². The number of benzene rings is 1. The van der Waals surface area contributed by atoms with Crippen molar-refractivity contribution in [2.24, 2.45) is 0 Å². The topological polar surface area (TPSA) is 30.2 Å². The van der Waals surface area contributed by atoms with Gasteiger partial charge in [-0.25, -0.2) is 9.97 Å². The van der Waals surface area contributed by atoms with E-state index in [1.165, 1.54) is 5.59 Å². The van der Waals surface area contributed by atoms with Gasteiger partial charge in [0, 0.05) is 17.4 Å². The minimum absolute atomic E-state index is 0.952. The molecule has 2 heterocycles. The van der Waals surface area contributed by atoms with Gasteiger partial charge in [0.15, 0.2) is 13.5 Å². The van der Waals surface area contributed by atoms with Gasteiger partial charge in [0.05, 0.1) is 17.1 Å². The van der Waals surface area contributed by atoms with Gasteiger partial charge in [-0.05, 0) is 13.3 Å². The molecule has 3 rings (SSSR count). The fraction of sp³-hybridized carbons (Fsp3) is 0.200. The summed E-state index contributed by atoms with van der Waals surface area (Å²) in [5, 5.41) is 0. The summed E-state index contributed by atoms with van der Waals surface area (Å²) in [6, 6.07) is 10.3. The Morgan fingerprint density at radius 1 is 1.16 bits per heavy atom. The molecule has 94 valence electrons. The van der Waals surface area contributed by atoms with Gasteiger partial charge in [-0.1, -0.05) is 37.3 Å². The zero-order chi connectivity index (χ0) is 13.4. The summed E-state index contributed by atoms with van der Waals surface area (Å²) in [7, 11) is 2.12. The molecular formula is C15H16BN3. The van der Waals surface area contributed by atoms with Crippen LogP contribution in [0.25, 0.3) is 16.9 Å². The maximum Gasteiger partial charge on any atom is 0.164 e. The zero-order valence-corrected chi connectivity index (χ0v) is 11.5. The van der Waals surface area contributed by atoms with Crippen molar-refractivity contribution in [2.75, 3.05) is 0 Å². The highest BCUT2D eigenvalue weighted by molar-refractivity contribution is 6.32. The van der Waals surface area contributed by atoms with E-state index >= 15 is 0 Å². The first-order valence-electron chi connectivity index (χ1n) is 6.61. The Labute approximate surface area is 113 Å². The third-order valence-corrected chi connectivity index (χ3v) is 3.52. The van der Waals surface area contributed by atoms with Crippen molar-refractivity contribution in [2.45, 2.75) is 20.3 Å². The van der Waals surface area contributed by atoms with Gasteiger partial charge < -0.3 is 4.40 Å². The molecule has 0 amide bonds. The number of aryl methyl sites for hydroxylation is 2. The minimum atomic E-state index is 0.952. The summed E-state index contributed by atoms with van der Waals surface area (Å²) in [5.74, 6) is 0. The van der Waals surface area contributed by atoms with Crippen molar-refractivity contribution in [3.8, 4) is 11.3 Å². The Morgan fingerprint density at radius 3 is 2.58 bits per heavy atom. The maximum absolute atomic E-state index is 4.68. The van der Waals surface area contributed by atoms with Gasteiger partial charge in [-0.2, -0.15) is 0 Å². The Hall–Kier alpha value is -2.10. The number of aromatic nitrogens is 3. The first-order valence-corrected chi connectivity index (χ1v) is 6.61. The summed E-state index contributed by atoms with van der Waals surface area (Å²) in [6.45, 7) is 4.16. The highest BCUT2D eigenvalue weighted by Gasteiger charge is 2.11. The van der Waals surface area contributed by atoms with E-state index in [0.29, 0.717) is 0 Å². The van der Waals surface area contributed by atoms with Crippen molar-refractivity contribution >= 4 is 19.1 Å². The number of hydrogen-bond donors (Lipinski definition) is 0. The summed E-state index contributed by atoms with van der Waals surface area (Å²) >= 11 is 0. The van der Waals surface area contributed by atoms with E-state index in [2.05, 4.69) is 47.5 Å². The zero-order valence-electron chi connectivity index (χ0n) is 11.5. The van der Waals surface area contributed by atoms with E-state index in [4.69, 9.17) is 0 Å². The normalized spacial score (nSPS) is 11.1.